The molecule has 0 spiro atoms. The Hall–Kier alpha value is 0.170. The van der Waals surface area contributed by atoms with Gasteiger partial charge in [0.1, 0.15) is 0 Å². The zero-order valence-corrected chi connectivity index (χ0v) is 6.89. The molecule has 0 fully saturated rings. The number of Topliss-reactive ketones (excluding diaryl/α,β-unsaturated/α-hetero) is 1. The Labute approximate surface area is 61.3 Å². The van der Waals surface area contributed by atoms with Gasteiger partial charge in [-0.05, 0) is 0 Å². The first-order valence-electron chi connectivity index (χ1n) is 2.03. The lowest BCUT2D eigenvalue weighted by Crippen LogP contribution is -2.05. The maximum absolute atomic E-state index is 10.3. The van der Waals surface area contributed by atoms with Crippen molar-refractivity contribution < 1.29 is 18.8 Å². The summed E-state index contributed by atoms with van der Waals surface area (Å²) in [5.74, 6) is -0.257. The van der Waals surface area contributed by atoms with Gasteiger partial charge in [0, 0.05) is 4.57 Å². The van der Waals surface area contributed by atoms with E-state index in [0.717, 1.165) is 0 Å². The monoisotopic (exact) mass is 215 g/mol. The van der Waals surface area contributed by atoms with E-state index in [1.807, 2.05) is 0 Å². The van der Waals surface area contributed by atoms with E-state index in [9.17, 15) is 9.36 Å². The van der Waals surface area contributed by atoms with Crippen LogP contribution in [-0.2, 0) is 13.9 Å². The van der Waals surface area contributed by atoms with E-state index in [4.69, 9.17) is 4.89 Å². The third kappa shape index (κ3) is 6.05. The first-order valence-corrected chi connectivity index (χ1v) is 4.28. The number of carbonyl (C=O) groups is 1. The van der Waals surface area contributed by atoms with Crippen LogP contribution in [0.25, 0.3) is 0 Å². The molecule has 0 bridgehead atoms. The summed E-state index contributed by atoms with van der Waals surface area (Å²) in [5.41, 5.74) is 0. The molecule has 0 aromatic rings. The van der Waals surface area contributed by atoms with Gasteiger partial charge in [-0.1, -0.05) is 15.9 Å². The predicted octanol–water partition coefficient (Wildman–Crippen LogP) is 0.617. The van der Waals surface area contributed by atoms with Crippen molar-refractivity contribution in [1.29, 1.82) is 0 Å². The Balaban J connectivity index is 3.28. The SMILES string of the molecule is O=C(CBr)CO[P+](=O)O. The second-order valence-electron chi connectivity index (χ2n) is 1.18. The summed E-state index contributed by atoms with van der Waals surface area (Å²) in [7, 11) is -2.63. The van der Waals surface area contributed by atoms with E-state index in [0.29, 0.717) is 0 Å². The fraction of sp³-hybridized carbons (Fsp3) is 0.667. The van der Waals surface area contributed by atoms with Crippen LogP contribution >= 0.6 is 24.2 Å². The summed E-state index contributed by atoms with van der Waals surface area (Å²) in [4.78, 5) is 18.3. The molecule has 0 aliphatic carbocycles. The number of ketones is 1. The smallest absolute Gasteiger partial charge is 0.296 e. The highest BCUT2D eigenvalue weighted by Crippen LogP contribution is 2.13. The van der Waals surface area contributed by atoms with Crippen molar-refractivity contribution in [1.82, 2.24) is 0 Å². The lowest BCUT2D eigenvalue weighted by Gasteiger charge is -1.83. The Morgan fingerprint density at radius 2 is 2.33 bits per heavy atom. The second kappa shape index (κ2) is 4.99. The summed E-state index contributed by atoms with van der Waals surface area (Å²) in [6.07, 6.45) is 0. The third-order valence-electron chi connectivity index (χ3n) is 0.485. The number of carbonyl (C=O) groups excluding carboxylic acids is 1. The summed E-state index contributed by atoms with van der Waals surface area (Å²) in [5, 5.41) is 0.149. The average Bonchev–Trinajstić information content (AvgIpc) is 1.83. The highest BCUT2D eigenvalue weighted by molar-refractivity contribution is 9.09. The Morgan fingerprint density at radius 1 is 1.78 bits per heavy atom. The van der Waals surface area contributed by atoms with Crippen molar-refractivity contribution in [2.45, 2.75) is 0 Å². The fourth-order valence-electron chi connectivity index (χ4n) is 0.166. The first-order chi connectivity index (χ1) is 4.16. The van der Waals surface area contributed by atoms with Crippen molar-refractivity contribution >= 4 is 30.0 Å². The molecule has 9 heavy (non-hydrogen) atoms. The highest BCUT2D eigenvalue weighted by atomic mass is 79.9. The number of hydrogen-bond acceptors (Lipinski definition) is 3. The van der Waals surface area contributed by atoms with Crippen molar-refractivity contribution in [2.24, 2.45) is 0 Å². The van der Waals surface area contributed by atoms with Crippen LogP contribution in [0.5, 0.6) is 0 Å². The molecule has 0 saturated heterocycles. The van der Waals surface area contributed by atoms with Crippen LogP contribution in [0.1, 0.15) is 0 Å². The summed E-state index contributed by atoms with van der Waals surface area (Å²) in [6.45, 7) is -0.309. The molecule has 52 valence electrons. The number of rotatable bonds is 4. The van der Waals surface area contributed by atoms with E-state index in [1.54, 1.807) is 0 Å². The van der Waals surface area contributed by atoms with Gasteiger partial charge >= 0.3 is 8.25 Å². The lowest BCUT2D eigenvalue weighted by atomic mass is 10.5. The van der Waals surface area contributed by atoms with Crippen LogP contribution in [-0.4, -0.2) is 22.6 Å². The molecule has 1 unspecified atom stereocenters. The van der Waals surface area contributed by atoms with Crippen molar-refractivity contribution in [3.63, 3.8) is 0 Å². The zero-order valence-electron chi connectivity index (χ0n) is 4.41. The second-order valence-corrected chi connectivity index (χ2v) is 2.48. The topological polar surface area (TPSA) is 63.6 Å². The van der Waals surface area contributed by atoms with Gasteiger partial charge in [-0.3, -0.25) is 4.79 Å². The molecule has 0 aliphatic heterocycles. The Kier molecular flexibility index (Phi) is 5.09. The van der Waals surface area contributed by atoms with Gasteiger partial charge in [-0.15, -0.1) is 9.42 Å². The largest absolute Gasteiger partial charge is 0.695 e. The molecule has 4 nitrogen and oxygen atoms in total. The minimum absolute atomic E-state index is 0.149. The lowest BCUT2D eigenvalue weighted by molar-refractivity contribution is -0.118. The number of alkyl halides is 1. The van der Waals surface area contributed by atoms with E-state index >= 15 is 0 Å². The predicted molar refractivity (Wildman–Crippen MR) is 34.6 cm³/mol. The van der Waals surface area contributed by atoms with Gasteiger partial charge in [0.25, 0.3) is 0 Å². The average molecular weight is 216 g/mol. The minimum atomic E-state index is -2.63. The van der Waals surface area contributed by atoms with Gasteiger partial charge in [-0.2, -0.15) is 0 Å². The van der Waals surface area contributed by atoms with Crippen LogP contribution in [0, 0.1) is 0 Å². The van der Waals surface area contributed by atoms with Gasteiger partial charge in [0.05, 0.1) is 5.33 Å². The normalized spacial score (nSPS) is 11.1. The molecule has 0 rings (SSSR count). The van der Waals surface area contributed by atoms with Crippen LogP contribution in [0.2, 0.25) is 0 Å². The molecule has 0 heterocycles. The van der Waals surface area contributed by atoms with Crippen LogP contribution < -0.4 is 0 Å². The van der Waals surface area contributed by atoms with E-state index in [2.05, 4.69) is 20.5 Å². The molecule has 0 aliphatic rings. The maximum Gasteiger partial charge on any atom is 0.695 e. The molecule has 1 atom stereocenters. The van der Waals surface area contributed by atoms with Crippen molar-refractivity contribution in [3.05, 3.63) is 0 Å². The highest BCUT2D eigenvalue weighted by Gasteiger charge is 2.13. The van der Waals surface area contributed by atoms with Crippen LogP contribution in [0.3, 0.4) is 0 Å². The molecular weight excluding hydrogens is 211 g/mol. The van der Waals surface area contributed by atoms with Crippen molar-refractivity contribution in [2.75, 3.05) is 11.9 Å². The maximum atomic E-state index is 10.3. The molecule has 0 aromatic heterocycles. The first kappa shape index (κ1) is 9.17. The minimum Gasteiger partial charge on any atom is -0.296 e. The molecule has 0 amide bonds. The van der Waals surface area contributed by atoms with Crippen LogP contribution in [0.4, 0.5) is 0 Å². The molecule has 0 radical (unpaired) electrons. The van der Waals surface area contributed by atoms with E-state index < -0.39 is 8.25 Å². The molecule has 0 saturated carbocycles. The van der Waals surface area contributed by atoms with Gasteiger partial charge in [0.2, 0.25) is 0 Å². The van der Waals surface area contributed by atoms with Crippen LogP contribution in [0.15, 0.2) is 0 Å². The zero-order chi connectivity index (χ0) is 7.28. The number of hydrogen-bond donors (Lipinski definition) is 1. The Bertz CT molecular complexity index is 125. The van der Waals surface area contributed by atoms with Gasteiger partial charge < -0.3 is 0 Å². The summed E-state index contributed by atoms with van der Waals surface area (Å²) in [6, 6.07) is 0. The molecule has 0 aromatic carbocycles. The molecule has 6 heteroatoms. The van der Waals surface area contributed by atoms with E-state index in [1.165, 1.54) is 0 Å². The van der Waals surface area contributed by atoms with E-state index in [-0.39, 0.29) is 17.7 Å². The number of halogens is 1. The van der Waals surface area contributed by atoms with Gasteiger partial charge in [0.15, 0.2) is 12.4 Å². The fourth-order valence-corrected chi connectivity index (χ4v) is 0.582. The molecule has 1 N–H and O–H groups in total. The quantitative estimate of drug-likeness (QED) is 0.552. The Morgan fingerprint density at radius 3 is 2.67 bits per heavy atom. The van der Waals surface area contributed by atoms with Gasteiger partial charge in [-0.25, -0.2) is 0 Å². The van der Waals surface area contributed by atoms with Crippen molar-refractivity contribution in [3.8, 4) is 0 Å². The summed E-state index contributed by atoms with van der Waals surface area (Å²) >= 11 is 2.86. The molecular formula is C3H5BrO4P+. The standard InChI is InChI=1S/C3H4BrO4P/c4-1-3(5)2-8-9(6)7/h1-2H2/p+1. The summed E-state index contributed by atoms with van der Waals surface area (Å²) < 4.78 is 13.9. The third-order valence-corrected chi connectivity index (χ3v) is 1.46.